The largest absolute Gasteiger partial charge is 0.846 e. The van der Waals surface area contributed by atoms with Gasteiger partial charge in [-0.2, -0.15) is 0 Å². The van der Waals surface area contributed by atoms with Gasteiger partial charge in [-0.1, -0.05) is 0 Å². The first-order chi connectivity index (χ1) is 25.3. The fourth-order valence-corrected chi connectivity index (χ4v) is 7.63. The van der Waals surface area contributed by atoms with Crippen molar-refractivity contribution in [3.05, 3.63) is 50.4 Å². The van der Waals surface area contributed by atoms with Gasteiger partial charge in [-0.25, -0.2) is 29.2 Å². The van der Waals surface area contributed by atoms with E-state index in [1.54, 1.807) is 6.92 Å². The molecule has 0 saturated carbocycles. The second-order valence-corrected chi connectivity index (χ2v) is 15.1. The Balaban J connectivity index is 1.08. The highest BCUT2D eigenvalue weighted by Crippen LogP contribution is 2.56. The maximum atomic E-state index is 13.0. The van der Waals surface area contributed by atoms with Crippen LogP contribution >= 0.6 is 15.6 Å². The molecule has 0 radical (unpaired) electrons. The zero-order valence-electron chi connectivity index (χ0n) is 27.7. The van der Waals surface area contributed by atoms with E-state index in [9.17, 15) is 59.1 Å². The van der Waals surface area contributed by atoms with Gasteiger partial charge in [0, 0.05) is 5.56 Å². The van der Waals surface area contributed by atoms with E-state index < -0.39 is 106 Å². The summed E-state index contributed by atoms with van der Waals surface area (Å²) in [6, 6.07) is 0.355. The molecule has 1 aliphatic carbocycles. The smallest absolute Gasteiger partial charge is 0.278 e. The number of aromatic amines is 1. The number of phosphoric ester groups is 2. The van der Waals surface area contributed by atoms with E-state index in [0.717, 1.165) is 10.9 Å². The molecule has 1 fully saturated rings. The molecule has 0 spiro atoms. The maximum Gasteiger partial charge on any atom is 0.278 e. The van der Waals surface area contributed by atoms with Crippen LogP contribution in [0.4, 0.5) is 5.82 Å². The summed E-state index contributed by atoms with van der Waals surface area (Å²) in [5.74, 6) is 0.00575. The van der Waals surface area contributed by atoms with E-state index in [1.165, 1.54) is 23.9 Å². The third kappa shape index (κ3) is 7.63. The van der Waals surface area contributed by atoms with Gasteiger partial charge in [0.2, 0.25) is 5.43 Å². The number of anilines is 1. The average Bonchev–Trinajstić information content (AvgIpc) is 3.65. The van der Waals surface area contributed by atoms with Gasteiger partial charge in [-0.05, 0) is 25.5 Å². The van der Waals surface area contributed by atoms with Crippen LogP contribution in [0.25, 0.3) is 33.7 Å². The molecular formula is C27H30N9O16P2-3. The molecular weight excluding hydrogens is 768 g/mol. The number of aliphatic hydroxyl groups excluding tert-OH is 5. The molecule has 6 rings (SSSR count). The van der Waals surface area contributed by atoms with E-state index in [0.29, 0.717) is 5.56 Å². The van der Waals surface area contributed by atoms with Crippen molar-refractivity contribution in [3.8, 4) is 17.4 Å². The van der Waals surface area contributed by atoms with Gasteiger partial charge >= 0.3 is 0 Å². The first-order valence-corrected chi connectivity index (χ1v) is 18.4. The predicted octanol–water partition coefficient (Wildman–Crippen LogP) is -4.61. The second-order valence-electron chi connectivity index (χ2n) is 12.1. The normalized spacial score (nSPS) is 23.1. The van der Waals surface area contributed by atoms with E-state index in [2.05, 4.69) is 38.3 Å². The molecule has 292 valence electrons. The van der Waals surface area contributed by atoms with Gasteiger partial charge in [0.15, 0.2) is 28.9 Å². The molecule has 25 nitrogen and oxygen atoms in total. The van der Waals surface area contributed by atoms with Gasteiger partial charge in [0.1, 0.15) is 54.2 Å². The number of H-pyrrole nitrogens is 1. The second kappa shape index (κ2) is 14.7. The molecule has 2 aliphatic heterocycles. The standard InChI is InChI=1S/C27H33N9O16P2/c1-9-3-11-15(18(39)10(9)2)32-17-24(33-27(44)34-25(17)43)35(11)4-12(37)19(40)13(38)5-49-53(45,46)52-54(47,48)50-6-14-20(41)21(42)26(51-14)36-8-31-16-22(28)29-7-30-23(16)36/h3,7-8,12-14,19-21,26,37-38,40-42H,4-6H2,1-2H3,(H,45,46)(H,47,48)(H2,28,29,30)(H2,33,34,43,44)/p-3/t12-,13+,14+,19-,20+,21+,26+/m0/s1. The quantitative estimate of drug-likeness (QED) is 0.0435. The topological polar surface area (TPSA) is 392 Å². The Morgan fingerprint density at radius 2 is 1.70 bits per heavy atom. The third-order valence-electron chi connectivity index (χ3n) is 8.52. The molecule has 0 amide bonds. The monoisotopic (exact) mass is 798 g/mol. The van der Waals surface area contributed by atoms with Crippen LogP contribution < -0.4 is 31.6 Å². The zero-order chi connectivity index (χ0) is 39.4. The fourth-order valence-electron chi connectivity index (χ4n) is 5.61. The molecule has 2 unspecified atom stereocenters. The summed E-state index contributed by atoms with van der Waals surface area (Å²) >= 11 is 0. The van der Waals surface area contributed by atoms with Crippen molar-refractivity contribution in [3.63, 3.8) is 0 Å². The Kier molecular flexibility index (Phi) is 10.7. The van der Waals surface area contributed by atoms with Crippen molar-refractivity contribution in [1.29, 1.82) is 0 Å². The number of hydrogen-bond acceptors (Lipinski definition) is 22. The van der Waals surface area contributed by atoms with Crippen LogP contribution in [0.1, 0.15) is 17.4 Å². The van der Waals surface area contributed by atoms with Crippen molar-refractivity contribution in [2.24, 2.45) is 0 Å². The molecule has 0 bridgehead atoms. The lowest BCUT2D eigenvalue weighted by Crippen LogP contribution is -2.42. The first-order valence-electron chi connectivity index (χ1n) is 15.5. The third-order valence-corrected chi connectivity index (χ3v) is 11.1. The molecule has 27 heteroatoms. The number of phosphoric acid groups is 2. The summed E-state index contributed by atoms with van der Waals surface area (Å²) < 4.78 is 45.4. The molecule has 8 N–H and O–H groups in total. The number of aryl methyl sites for hydroxylation is 1. The number of nitrogens with two attached hydrogens (primary N) is 1. The van der Waals surface area contributed by atoms with Crippen LogP contribution in [0.2, 0.25) is 0 Å². The van der Waals surface area contributed by atoms with Crippen LogP contribution in [0.3, 0.4) is 0 Å². The molecule has 1 saturated heterocycles. The number of aromatic nitrogens is 8. The lowest BCUT2D eigenvalue weighted by molar-refractivity contribution is -0.281. The highest BCUT2D eigenvalue weighted by molar-refractivity contribution is 7.59. The number of nitrogens with zero attached hydrogens (tertiary/aromatic N) is 7. The highest BCUT2D eigenvalue weighted by Gasteiger charge is 2.45. The fraction of sp³-hybridized carbons (Fsp3) is 0.444. The summed E-state index contributed by atoms with van der Waals surface area (Å²) in [5.41, 5.74) is 4.05. The molecule has 3 aromatic heterocycles. The number of rotatable bonds is 13. The van der Waals surface area contributed by atoms with Gasteiger partial charge in [0.25, 0.3) is 21.2 Å². The SMILES string of the molecule is Cc1cc2n(C[C@H](O)[C@H](O)[C@H](O)COP(=O)([O-])OP(=O)([O-])OC[C@H]3O[C@@H](n4cnc5c(N)ncnc54)[C@H](O)[C@@H]3O)c3nc([O-])[nH]c(=O)c3nc-2c(=O)c1C. The molecule has 0 aromatic carbocycles. The summed E-state index contributed by atoms with van der Waals surface area (Å²) in [7, 11) is -11.7. The number of benzene rings is 1. The average molecular weight is 799 g/mol. The molecule has 5 heterocycles. The van der Waals surface area contributed by atoms with Crippen molar-refractivity contribution in [1.82, 2.24) is 39.0 Å². The van der Waals surface area contributed by atoms with Gasteiger partial charge in [0.05, 0.1) is 37.8 Å². The Morgan fingerprint density at radius 1 is 1.00 bits per heavy atom. The highest BCUT2D eigenvalue weighted by atomic mass is 31.3. The van der Waals surface area contributed by atoms with Crippen molar-refractivity contribution < 1.29 is 67.7 Å². The molecule has 3 aliphatic rings. The Labute approximate surface area is 300 Å². The number of fused-ring (bicyclic) bond motifs is 3. The number of hydrogen-bond donors (Lipinski definition) is 7. The van der Waals surface area contributed by atoms with E-state index in [-0.39, 0.29) is 33.9 Å². The van der Waals surface area contributed by atoms with E-state index in [4.69, 9.17) is 10.5 Å². The Morgan fingerprint density at radius 3 is 2.43 bits per heavy atom. The van der Waals surface area contributed by atoms with Gasteiger partial charge < -0.3 is 69.5 Å². The predicted molar refractivity (Wildman–Crippen MR) is 172 cm³/mol. The van der Waals surface area contributed by atoms with Crippen LogP contribution in [0.5, 0.6) is 6.01 Å². The van der Waals surface area contributed by atoms with Gasteiger partial charge in [-0.3, -0.25) is 23.3 Å². The minimum atomic E-state index is -5.89. The zero-order valence-corrected chi connectivity index (χ0v) is 29.5. The Hall–Kier alpha value is -4.33. The molecule has 54 heavy (non-hydrogen) atoms. The van der Waals surface area contributed by atoms with Crippen LogP contribution in [-0.4, -0.2) is 114 Å². The number of nitrogen functional groups attached to an aromatic ring is 1. The summed E-state index contributed by atoms with van der Waals surface area (Å²) in [4.78, 5) is 71.7. The lowest BCUT2D eigenvalue weighted by atomic mass is 10.0. The summed E-state index contributed by atoms with van der Waals surface area (Å²) in [6.45, 7) is -0.0953. The van der Waals surface area contributed by atoms with Gasteiger partial charge in [-0.15, -0.1) is 0 Å². The minimum Gasteiger partial charge on any atom is -0.846 e. The number of imidazole rings is 1. The number of ether oxygens (including phenoxy) is 1. The van der Waals surface area contributed by atoms with Crippen LogP contribution in [-0.2, 0) is 33.8 Å². The summed E-state index contributed by atoms with van der Waals surface area (Å²) in [6.07, 6.45) is -10.6. The lowest BCUT2D eigenvalue weighted by Gasteiger charge is -2.32. The molecule has 9 atom stereocenters. The van der Waals surface area contributed by atoms with E-state index in [1.807, 2.05) is 4.98 Å². The summed E-state index contributed by atoms with van der Waals surface area (Å²) in [5, 5.41) is 64.9. The first kappa shape index (κ1) is 39.4. The maximum absolute atomic E-state index is 13.0. The van der Waals surface area contributed by atoms with Crippen molar-refractivity contribution in [2.75, 3.05) is 18.9 Å². The van der Waals surface area contributed by atoms with Crippen LogP contribution in [0, 0.1) is 13.8 Å². The van der Waals surface area contributed by atoms with Crippen molar-refractivity contribution in [2.45, 2.75) is 63.2 Å². The number of aliphatic hydroxyl groups is 5. The Bertz CT molecular complexity index is 2410. The minimum absolute atomic E-state index is 0.00575. The number of nitrogens with one attached hydrogen (secondary N) is 1. The van der Waals surface area contributed by atoms with Crippen LogP contribution in [0.15, 0.2) is 28.3 Å². The van der Waals surface area contributed by atoms with E-state index >= 15 is 0 Å². The molecule has 3 aromatic rings. The van der Waals surface area contributed by atoms with Crippen molar-refractivity contribution >= 4 is 43.8 Å².